The molecule has 8 heterocycles. The van der Waals surface area contributed by atoms with Crippen molar-refractivity contribution in [2.45, 2.75) is 249 Å². The summed E-state index contributed by atoms with van der Waals surface area (Å²) in [6, 6.07) is 12.1. The number of hydrogen-bond acceptors (Lipinski definition) is 22. The molecule has 27 nitrogen and oxygen atoms in total. The molecule has 2 saturated heterocycles. The Labute approximate surface area is 707 Å². The maximum absolute atomic E-state index is 14.9. The number of quaternary nitrogens is 1. The second kappa shape index (κ2) is 37.6. The Kier molecular flexibility index (Phi) is 29.2. The number of thiophene rings is 2. The number of carbonyl (C=O) groups excluding carboxylic acids is 7. The predicted molar refractivity (Wildman–Crippen MR) is 441 cm³/mol. The zero-order valence-electron chi connectivity index (χ0n) is 68.0. The predicted octanol–water partition coefficient (Wildman–Crippen LogP) is 9.18. The van der Waals surface area contributed by atoms with Gasteiger partial charge in [-0.25, -0.2) is 40.4 Å². The van der Waals surface area contributed by atoms with Gasteiger partial charge in [0.1, 0.15) is 45.7 Å². The number of sulfonamides is 2. The van der Waals surface area contributed by atoms with Gasteiger partial charge in [-0.2, -0.15) is 0 Å². The quantitative estimate of drug-likeness (QED) is 0.0471. The number of allylic oxidation sites excluding steroid dienone is 4. The Morgan fingerprint density at radius 1 is 0.605 bits per heavy atom. The fourth-order valence-electron chi connectivity index (χ4n) is 15.8. The van der Waals surface area contributed by atoms with Gasteiger partial charge in [-0.3, -0.25) is 43.0 Å². The van der Waals surface area contributed by atoms with Gasteiger partial charge < -0.3 is 66.8 Å². The number of hydrogen-bond donors (Lipinski definition) is 5. The van der Waals surface area contributed by atoms with E-state index in [1.165, 1.54) is 71.0 Å². The second-order valence-electron chi connectivity index (χ2n) is 33.1. The van der Waals surface area contributed by atoms with E-state index in [2.05, 4.69) is 30.5 Å². The first kappa shape index (κ1) is 92.4. The third kappa shape index (κ3) is 20.8. The van der Waals surface area contributed by atoms with Crippen LogP contribution >= 0.6 is 22.7 Å². The summed E-state index contributed by atoms with van der Waals surface area (Å²) in [5, 5.41) is 12.2. The van der Waals surface area contributed by atoms with Gasteiger partial charge >= 0.3 is 5.97 Å². The molecule has 6 fully saturated rings. The molecule has 34 heteroatoms. The highest BCUT2D eigenvalue weighted by Crippen LogP contribution is 2.59. The lowest BCUT2D eigenvalue weighted by Gasteiger charge is -2.29. The largest absolute Gasteiger partial charge is 1.00 e. The molecule has 0 radical (unpaired) electrons. The third-order valence-electron chi connectivity index (χ3n) is 23.4. The topological polar surface area (TPSA) is 376 Å². The van der Waals surface area contributed by atoms with Gasteiger partial charge in [0.15, 0.2) is 40.7 Å². The van der Waals surface area contributed by atoms with Crippen LogP contribution in [-0.4, -0.2) is 174 Å². The number of carboxylic acid groups (broad SMARTS) is 1. The SMILES string of the molecule is C.COc1c(F)ccc2c(O[C@@H]3C[C@H]4C(=O)C[C@]5(C(=O)NS(=O)(=O)C6(C)CC6)C[C@H]5/C=C\CCCCC[C@H](NC(=O)c5ccc(C)s5)C(=O)N4C3)cc(OC(C)C)nc12.COc1c(F)ccc2c(O[C@@H]3C[C@H]4C(=O)C[C@]5(C(=O)NS(=O)(=O)C6(C)CC6)C[C@H]5/C=C\CCCCC[C@H]([NH3+])C(=O)N4C3)cc(OC(C)C)nc12.Cc1ccc(C(=O)O)s1.[Cl-]. The van der Waals surface area contributed by atoms with E-state index in [1.54, 1.807) is 44.2 Å². The van der Waals surface area contributed by atoms with Crippen molar-refractivity contribution in [1.29, 1.82) is 0 Å². The lowest BCUT2D eigenvalue weighted by Crippen LogP contribution is -3.00. The number of ether oxygens (including phenoxy) is 6. The maximum atomic E-state index is 14.9. The number of halogens is 3. The van der Waals surface area contributed by atoms with Crippen LogP contribution in [0.5, 0.6) is 34.8 Å². The molecule has 4 aliphatic carbocycles. The number of aromatic nitrogens is 2. The molecule has 14 rings (SSSR count). The lowest BCUT2D eigenvalue weighted by atomic mass is 9.91. The van der Waals surface area contributed by atoms with Gasteiger partial charge in [-0.1, -0.05) is 51.0 Å². The zero-order valence-corrected chi connectivity index (χ0v) is 72.0. The lowest BCUT2D eigenvalue weighted by molar-refractivity contribution is -0.407. The van der Waals surface area contributed by atoms with E-state index in [0.717, 1.165) is 48.3 Å². The molecule has 648 valence electrons. The number of ketones is 2. The van der Waals surface area contributed by atoms with Crippen LogP contribution in [-0.2, 0) is 48.8 Å². The van der Waals surface area contributed by atoms with E-state index in [-0.39, 0.29) is 141 Å². The maximum Gasteiger partial charge on any atom is 0.345 e. The average molecular weight is 1750 g/mol. The van der Waals surface area contributed by atoms with E-state index in [9.17, 15) is 64.0 Å². The van der Waals surface area contributed by atoms with E-state index in [4.69, 9.17) is 33.5 Å². The number of benzene rings is 2. The number of pyridine rings is 2. The molecule has 0 unspecified atom stereocenters. The molecular weight excluding hydrogens is 1640 g/mol. The van der Waals surface area contributed by atoms with Crippen LogP contribution in [0.15, 0.2) is 85.0 Å². The van der Waals surface area contributed by atoms with E-state index in [1.807, 2.05) is 71.9 Å². The first-order valence-electron chi connectivity index (χ1n) is 40.1. The first-order chi connectivity index (χ1) is 55.4. The van der Waals surface area contributed by atoms with E-state index >= 15 is 0 Å². The summed E-state index contributed by atoms with van der Waals surface area (Å²) < 4.78 is 120. The Hall–Kier alpha value is -8.89. The summed E-state index contributed by atoms with van der Waals surface area (Å²) in [5.41, 5.74) is 1.97. The van der Waals surface area contributed by atoms with Gasteiger partial charge in [0.05, 0.1) is 76.8 Å². The number of amides is 5. The van der Waals surface area contributed by atoms with Gasteiger partial charge in [0.25, 0.3) is 11.8 Å². The summed E-state index contributed by atoms with van der Waals surface area (Å²) in [5.74, 6) is -5.21. The number of nitrogens with zero attached hydrogens (tertiary/aromatic N) is 4. The van der Waals surface area contributed by atoms with Crippen molar-refractivity contribution < 1.29 is 116 Å². The fourth-order valence-corrected chi connectivity index (χ4v) is 19.9. The standard InChI is InChI=1S/C42H51FN4O9S2.C36H47FN4O8S.C6H6O2S.CH4.ClH/c1-24(2)55-35-20-33(28-14-15-29(43)37(54-5)36(28)45-35)56-27-19-31-32(48)22-42(40(51)46-58(52,53)41(4)17-18-41)21-26(42)11-9-7-6-8-10-12-30(39(50)47(31)23-27)44-38(49)34-16-13-25(3)57-34;1-21(2)48-30-17-29(24-12-13-25(37)32(47-4)31(24)39-30)49-23-16-27-28(42)19-36(34(44)40-50(45,46)35(3)14-15-35)18-22(36)10-8-6-5-7-9-11-26(38)33(43)41(27)20-23;1-4-2-3-5(9-4)6(7)8;;/h9,11,13-16,20,24,26-27,30-31H,6-8,10,12,17-19,21-23H2,1-5H3,(H,44,49)(H,46,51);8,10,12-13,17,21-23,26-27H,5-7,9,11,14-16,18-20,38H2,1-4H3,(H,40,44);2-3H,1H3,(H,7,8);1H4;1H/b11-9-;10-8-;;;/t26-,27-,30+,31+,42-;22-,23-,26+,27+,36-;;;/m11.../s1. The third-order valence-corrected chi connectivity index (χ3v) is 29.7. The number of carbonyl (C=O) groups is 8. The van der Waals surface area contributed by atoms with Crippen molar-refractivity contribution >= 4 is 112 Å². The van der Waals surface area contributed by atoms with Crippen molar-refractivity contribution in [3.05, 3.63) is 116 Å². The average Bonchev–Trinajstić information content (AvgIpc) is 1.57. The highest BCUT2D eigenvalue weighted by Gasteiger charge is 2.65. The number of carboxylic acids is 1. The van der Waals surface area contributed by atoms with Crippen molar-refractivity contribution in [3.8, 4) is 34.8 Å². The van der Waals surface area contributed by atoms with Crippen LogP contribution in [0.4, 0.5) is 8.78 Å². The Bertz CT molecular complexity index is 5130. The van der Waals surface area contributed by atoms with Crippen LogP contribution in [0.3, 0.4) is 0 Å². The summed E-state index contributed by atoms with van der Waals surface area (Å²) in [4.78, 5) is 124. The van der Waals surface area contributed by atoms with Crippen LogP contribution in [0.2, 0.25) is 0 Å². The van der Waals surface area contributed by atoms with E-state index in [0.29, 0.717) is 84.1 Å². The molecule has 2 aromatic carbocycles. The van der Waals surface area contributed by atoms with Gasteiger partial charge in [-0.05, 0) is 193 Å². The molecule has 6 aromatic rings. The summed E-state index contributed by atoms with van der Waals surface area (Å²) >= 11 is 2.61. The molecule has 5 amide bonds. The number of rotatable bonds is 19. The number of methoxy groups -OCH3 is 2. The molecule has 0 bridgehead atoms. The highest BCUT2D eigenvalue weighted by molar-refractivity contribution is 7.92. The highest BCUT2D eigenvalue weighted by atomic mass is 35.5. The van der Waals surface area contributed by atoms with Crippen molar-refractivity contribution in [1.82, 2.24) is 34.5 Å². The first-order valence-corrected chi connectivity index (χ1v) is 44.7. The van der Waals surface area contributed by atoms with Gasteiger partial charge in [0, 0.05) is 64.8 Å². The summed E-state index contributed by atoms with van der Waals surface area (Å²) in [7, 11) is -5.22. The Morgan fingerprint density at radius 2 is 1.03 bits per heavy atom. The molecule has 7 N–H and O–H groups in total. The normalized spacial score (nSPS) is 25.8. The number of nitrogens with one attached hydrogen (secondary N) is 3. The summed E-state index contributed by atoms with van der Waals surface area (Å²) in [6.07, 6.45) is 15.2. The summed E-state index contributed by atoms with van der Waals surface area (Å²) in [6.45, 7) is 14.3. The Morgan fingerprint density at radius 3 is 1.41 bits per heavy atom. The van der Waals surface area contributed by atoms with Crippen molar-refractivity contribution in [2.24, 2.45) is 22.7 Å². The van der Waals surface area contributed by atoms with Crippen molar-refractivity contribution in [2.75, 3.05) is 27.3 Å². The van der Waals surface area contributed by atoms with Crippen LogP contribution in [0, 0.1) is 48.1 Å². The van der Waals surface area contributed by atoms with Crippen LogP contribution < -0.4 is 61.3 Å². The molecule has 10 atom stereocenters. The van der Waals surface area contributed by atoms with Crippen molar-refractivity contribution in [3.63, 3.8) is 0 Å². The van der Waals surface area contributed by atoms with Crippen LogP contribution in [0.25, 0.3) is 21.8 Å². The monoisotopic (exact) mass is 1750 g/mol. The minimum atomic E-state index is -3.98. The number of aryl methyl sites for hydroxylation is 2. The Balaban J connectivity index is 0.000000224. The smallest absolute Gasteiger partial charge is 0.345 e. The molecule has 119 heavy (non-hydrogen) atoms. The number of Topliss-reactive ketones (excluding diaryl/α,β-unsaturated/α-hetero) is 2. The molecule has 4 saturated carbocycles. The minimum Gasteiger partial charge on any atom is -1.00 e. The minimum absolute atomic E-state index is 0. The molecule has 4 aliphatic heterocycles. The molecule has 4 aromatic heterocycles. The number of fused-ring (bicyclic) bond motifs is 6. The number of aromatic carboxylic acids is 1. The van der Waals surface area contributed by atoms with Gasteiger partial charge in [0.2, 0.25) is 49.5 Å². The molecular formula is C85H109ClF2N8O19S4. The zero-order chi connectivity index (χ0) is 84.4. The molecule has 0 spiro atoms. The fraction of sp³-hybridized carbons (Fsp3) is 0.553. The van der Waals surface area contributed by atoms with Gasteiger partial charge in [-0.15, -0.1) is 22.7 Å². The van der Waals surface area contributed by atoms with Crippen LogP contribution in [0.1, 0.15) is 206 Å². The van der Waals surface area contributed by atoms with E-state index < -0.39 is 124 Å². The second-order valence-corrected chi connectivity index (χ2v) is 40.1. The molecule has 8 aliphatic rings.